The summed E-state index contributed by atoms with van der Waals surface area (Å²) in [6, 6.07) is 61.3. The lowest BCUT2D eigenvalue weighted by atomic mass is 9.81. The van der Waals surface area contributed by atoms with Gasteiger partial charge in [-0.2, -0.15) is 0 Å². The minimum atomic E-state index is -0.848. The summed E-state index contributed by atoms with van der Waals surface area (Å²) in [4.78, 5) is 0. The van der Waals surface area contributed by atoms with Crippen LogP contribution in [0.15, 0.2) is 170 Å². The Morgan fingerprint density at radius 2 is 0.875 bits per heavy atom. The minimum Gasteiger partial charge on any atom is -0.471 e. The maximum Gasteiger partial charge on any atom is 0.201 e. The summed E-state index contributed by atoms with van der Waals surface area (Å²) in [7, 11) is 0. The molecule has 0 amide bonds. The highest BCUT2D eigenvalue weighted by molar-refractivity contribution is 6.09. The van der Waals surface area contributed by atoms with Crippen LogP contribution >= 0.6 is 0 Å². The Kier molecular flexibility index (Phi) is 5.04. The Morgan fingerprint density at radius 1 is 0.396 bits per heavy atom. The van der Waals surface area contributed by atoms with Crippen molar-refractivity contribution in [3.8, 4) is 39.4 Å². The molecule has 2 aliphatic rings. The van der Waals surface area contributed by atoms with E-state index >= 15 is 0 Å². The van der Waals surface area contributed by atoms with E-state index in [1.54, 1.807) is 0 Å². The van der Waals surface area contributed by atoms with Crippen molar-refractivity contribution in [3.63, 3.8) is 0 Å². The number of hydrogen-bond donors (Lipinski definition) is 0. The predicted octanol–water partition coefficient (Wildman–Crippen LogP) is 11.1. The largest absolute Gasteiger partial charge is 0.471 e. The highest BCUT2D eigenvalue weighted by Gasteiger charge is 2.53. The molecule has 2 aromatic heterocycles. The van der Waals surface area contributed by atoms with E-state index in [4.69, 9.17) is 4.74 Å². The third-order valence-electron chi connectivity index (χ3n) is 10.5. The number of rotatable bonds is 2. The molecule has 1 aliphatic carbocycles. The van der Waals surface area contributed by atoms with Crippen LogP contribution in [-0.2, 0) is 5.60 Å². The van der Waals surface area contributed by atoms with Crippen LogP contribution in [0.2, 0.25) is 0 Å². The monoisotopic (exact) mass is 612 g/mol. The minimum absolute atomic E-state index is 0.848. The smallest absolute Gasteiger partial charge is 0.201 e. The fourth-order valence-corrected chi connectivity index (χ4v) is 8.62. The number of hydrogen-bond acceptors (Lipinski definition) is 1. The first-order valence-corrected chi connectivity index (χ1v) is 16.5. The zero-order valence-corrected chi connectivity index (χ0v) is 26.0. The van der Waals surface area contributed by atoms with E-state index in [2.05, 4.69) is 179 Å². The van der Waals surface area contributed by atoms with Gasteiger partial charge in [0, 0.05) is 49.8 Å². The fourth-order valence-electron chi connectivity index (χ4n) is 8.62. The lowest BCUT2D eigenvalue weighted by molar-refractivity contribution is 0.150. The first-order valence-electron chi connectivity index (χ1n) is 16.5. The second-order valence-corrected chi connectivity index (χ2v) is 12.8. The zero-order chi connectivity index (χ0) is 31.4. The topological polar surface area (TPSA) is 19.1 Å². The van der Waals surface area contributed by atoms with Crippen molar-refractivity contribution in [2.24, 2.45) is 0 Å². The lowest BCUT2D eigenvalue weighted by Gasteiger charge is -2.39. The second kappa shape index (κ2) is 9.37. The van der Waals surface area contributed by atoms with Crippen LogP contribution in [0.4, 0.5) is 0 Å². The average molecular weight is 613 g/mol. The average Bonchev–Trinajstić information content (AvgIpc) is 3.78. The second-order valence-electron chi connectivity index (χ2n) is 12.8. The van der Waals surface area contributed by atoms with Gasteiger partial charge in [-0.15, -0.1) is 0 Å². The van der Waals surface area contributed by atoms with Crippen molar-refractivity contribution in [1.29, 1.82) is 0 Å². The summed E-state index contributed by atoms with van der Waals surface area (Å²) >= 11 is 0. The molecule has 3 heteroatoms. The molecule has 1 spiro atoms. The van der Waals surface area contributed by atoms with Crippen LogP contribution in [0.5, 0.6) is 5.75 Å². The molecule has 7 aromatic carbocycles. The Labute approximate surface area is 277 Å². The summed E-state index contributed by atoms with van der Waals surface area (Å²) < 4.78 is 12.3. The number of benzene rings is 7. The van der Waals surface area contributed by atoms with E-state index in [-0.39, 0.29) is 0 Å². The Balaban J connectivity index is 1.28. The standard InChI is InChI=1S/C45H28N2O/c1-7-22-37-31(16-1)32-17-2-8-23-38(32)45(37)44-43(36-21-6-12-27-42(36)48-45)35-20-5-11-26-41(35)47(44)30-15-13-14-29(28-30)46-39-24-9-3-18-33(39)34-19-4-10-25-40(34)46/h1-28H. The van der Waals surface area contributed by atoms with Crippen LogP contribution in [-0.4, -0.2) is 9.13 Å². The number of nitrogens with zero attached hydrogens (tertiary/aromatic N) is 2. The SMILES string of the molecule is c1cc(-n2c3c(c4ccccc42)-c2ccccc2OC32c3ccccc3-c3ccccc32)cc(-n2c3ccccc3c3ccccc32)c1. The van der Waals surface area contributed by atoms with E-state index in [1.165, 1.54) is 55.0 Å². The highest BCUT2D eigenvalue weighted by atomic mass is 16.5. The summed E-state index contributed by atoms with van der Waals surface area (Å²) in [5.41, 5.74) is 13.2. The van der Waals surface area contributed by atoms with E-state index < -0.39 is 5.60 Å². The number of fused-ring (bicyclic) bond motifs is 14. The van der Waals surface area contributed by atoms with Crippen molar-refractivity contribution in [1.82, 2.24) is 9.13 Å². The molecule has 0 unspecified atom stereocenters. The van der Waals surface area contributed by atoms with Gasteiger partial charge in [0.05, 0.1) is 22.2 Å². The quantitative estimate of drug-likeness (QED) is 0.190. The molecular formula is C45H28N2O. The van der Waals surface area contributed by atoms with Crippen molar-refractivity contribution in [3.05, 3.63) is 187 Å². The predicted molar refractivity (Wildman–Crippen MR) is 195 cm³/mol. The van der Waals surface area contributed by atoms with Gasteiger partial charge in [0.25, 0.3) is 0 Å². The van der Waals surface area contributed by atoms with Gasteiger partial charge in [-0.05, 0) is 53.6 Å². The molecule has 48 heavy (non-hydrogen) atoms. The van der Waals surface area contributed by atoms with Crippen LogP contribution in [0, 0.1) is 0 Å². The summed E-state index contributed by atoms with van der Waals surface area (Å²) in [6.07, 6.45) is 0. The molecular weight excluding hydrogens is 585 g/mol. The van der Waals surface area contributed by atoms with Gasteiger partial charge in [-0.25, -0.2) is 0 Å². The third-order valence-corrected chi connectivity index (χ3v) is 10.5. The van der Waals surface area contributed by atoms with Gasteiger partial charge in [0.15, 0.2) is 0 Å². The molecule has 0 saturated heterocycles. The molecule has 0 bridgehead atoms. The first-order chi connectivity index (χ1) is 23.8. The van der Waals surface area contributed by atoms with Crippen LogP contribution in [0.25, 0.3) is 66.3 Å². The van der Waals surface area contributed by atoms with Gasteiger partial charge >= 0.3 is 0 Å². The van der Waals surface area contributed by atoms with Gasteiger partial charge in [-0.3, -0.25) is 0 Å². The van der Waals surface area contributed by atoms with Gasteiger partial charge in [0.1, 0.15) is 5.75 Å². The molecule has 0 fully saturated rings. The van der Waals surface area contributed by atoms with Crippen molar-refractivity contribution in [2.45, 2.75) is 5.60 Å². The van der Waals surface area contributed by atoms with E-state index in [9.17, 15) is 0 Å². The van der Waals surface area contributed by atoms with Crippen LogP contribution in [0.3, 0.4) is 0 Å². The van der Waals surface area contributed by atoms with E-state index in [1.807, 2.05) is 0 Å². The summed E-state index contributed by atoms with van der Waals surface area (Å²) in [5, 5.41) is 3.72. The van der Waals surface area contributed by atoms with Crippen LogP contribution in [0.1, 0.15) is 16.8 Å². The van der Waals surface area contributed by atoms with Crippen molar-refractivity contribution in [2.75, 3.05) is 0 Å². The van der Waals surface area contributed by atoms with Crippen LogP contribution < -0.4 is 4.74 Å². The summed E-state index contributed by atoms with van der Waals surface area (Å²) in [6.45, 7) is 0. The molecule has 224 valence electrons. The Morgan fingerprint density at radius 3 is 1.52 bits per heavy atom. The number of para-hydroxylation sites is 4. The Bertz CT molecular complexity index is 2680. The van der Waals surface area contributed by atoms with Crippen molar-refractivity contribution >= 4 is 32.7 Å². The molecule has 11 rings (SSSR count). The van der Waals surface area contributed by atoms with Gasteiger partial charge in [0.2, 0.25) is 5.60 Å². The molecule has 1 aliphatic heterocycles. The molecule has 0 atom stereocenters. The number of aromatic nitrogens is 2. The van der Waals surface area contributed by atoms with Crippen molar-refractivity contribution < 1.29 is 4.74 Å². The molecule has 3 nitrogen and oxygen atoms in total. The Hall–Kier alpha value is -6.32. The first kappa shape index (κ1) is 25.8. The van der Waals surface area contributed by atoms with E-state index in [0.717, 1.165) is 33.9 Å². The molecule has 0 radical (unpaired) electrons. The highest BCUT2D eigenvalue weighted by Crippen LogP contribution is 2.60. The molecule has 0 saturated carbocycles. The normalized spacial score (nSPS) is 13.8. The maximum atomic E-state index is 7.44. The number of ether oxygens (including phenoxy) is 1. The lowest BCUT2D eigenvalue weighted by Crippen LogP contribution is -2.38. The maximum absolute atomic E-state index is 7.44. The fraction of sp³-hybridized carbons (Fsp3) is 0.0222. The van der Waals surface area contributed by atoms with E-state index in [0.29, 0.717) is 0 Å². The molecule has 9 aromatic rings. The summed E-state index contributed by atoms with van der Waals surface area (Å²) in [5.74, 6) is 0.901. The van der Waals surface area contributed by atoms with Gasteiger partial charge in [-0.1, -0.05) is 127 Å². The zero-order valence-electron chi connectivity index (χ0n) is 26.0. The van der Waals surface area contributed by atoms with Gasteiger partial charge < -0.3 is 13.9 Å². The molecule has 3 heterocycles. The third kappa shape index (κ3) is 3.18. The molecule has 0 N–H and O–H groups in total.